The van der Waals surface area contributed by atoms with E-state index in [0.29, 0.717) is 57.1 Å². The number of para-hydroxylation sites is 1. The van der Waals surface area contributed by atoms with E-state index in [4.69, 9.17) is 4.74 Å². The molecule has 7 nitrogen and oxygen atoms in total. The first-order valence-corrected chi connectivity index (χ1v) is 11.7. The highest BCUT2D eigenvalue weighted by atomic mass is 19.4. The lowest BCUT2D eigenvalue weighted by Crippen LogP contribution is -2.46. The standard InChI is InChI=1S/C25H29F3N4O3/c26-25(27,28)22-15-21(31-11-13-35-14-12-31)9-8-18(22)16-29-23(33)19-5-4-10-32(17-19)24(34)30-20-6-2-1-3-7-20/h1-3,6-9,15,19H,4-5,10-14,16-17H2,(H,29,33)(H,30,34). The number of urea groups is 1. The predicted molar refractivity (Wildman–Crippen MR) is 126 cm³/mol. The minimum Gasteiger partial charge on any atom is -0.378 e. The molecule has 2 saturated heterocycles. The maximum atomic E-state index is 13.8. The maximum absolute atomic E-state index is 13.8. The zero-order chi connectivity index (χ0) is 24.8. The zero-order valence-corrected chi connectivity index (χ0v) is 19.3. The van der Waals surface area contributed by atoms with E-state index in [0.717, 1.165) is 6.07 Å². The summed E-state index contributed by atoms with van der Waals surface area (Å²) in [5.41, 5.74) is 0.402. The Morgan fingerprint density at radius 3 is 2.49 bits per heavy atom. The van der Waals surface area contributed by atoms with Gasteiger partial charge in [0.05, 0.1) is 24.7 Å². The Morgan fingerprint density at radius 2 is 1.77 bits per heavy atom. The van der Waals surface area contributed by atoms with E-state index in [9.17, 15) is 22.8 Å². The normalized spacial score (nSPS) is 18.8. The molecule has 0 aliphatic carbocycles. The molecule has 0 radical (unpaired) electrons. The van der Waals surface area contributed by atoms with Crippen LogP contribution in [0.25, 0.3) is 0 Å². The summed E-state index contributed by atoms with van der Waals surface area (Å²) in [5, 5.41) is 5.46. The molecule has 0 aromatic heterocycles. The van der Waals surface area contributed by atoms with Crippen molar-refractivity contribution in [3.8, 4) is 0 Å². The van der Waals surface area contributed by atoms with Gasteiger partial charge in [-0.15, -0.1) is 0 Å². The molecule has 0 bridgehead atoms. The number of alkyl halides is 3. The van der Waals surface area contributed by atoms with E-state index in [2.05, 4.69) is 10.6 Å². The second kappa shape index (κ2) is 11.0. The Morgan fingerprint density at radius 1 is 1.03 bits per heavy atom. The van der Waals surface area contributed by atoms with Gasteiger partial charge in [0.15, 0.2) is 0 Å². The number of piperidine rings is 1. The third-order valence-electron chi connectivity index (χ3n) is 6.33. The third-order valence-corrected chi connectivity index (χ3v) is 6.33. The molecule has 1 atom stereocenters. The molecular formula is C25H29F3N4O3. The Bertz CT molecular complexity index is 1030. The van der Waals surface area contributed by atoms with Crippen LogP contribution in [-0.2, 0) is 22.3 Å². The summed E-state index contributed by atoms with van der Waals surface area (Å²) in [6.07, 6.45) is -3.33. The summed E-state index contributed by atoms with van der Waals surface area (Å²) in [6, 6.07) is 12.9. The van der Waals surface area contributed by atoms with Gasteiger partial charge >= 0.3 is 12.2 Å². The second-order valence-electron chi connectivity index (χ2n) is 8.74. The lowest BCUT2D eigenvalue weighted by atomic mass is 9.97. The van der Waals surface area contributed by atoms with Crippen LogP contribution in [0.2, 0.25) is 0 Å². The SMILES string of the molecule is O=C(NCc1ccc(N2CCOCC2)cc1C(F)(F)F)C1CCCN(C(=O)Nc2ccccc2)C1. The van der Waals surface area contributed by atoms with Crippen molar-refractivity contribution in [2.24, 2.45) is 5.92 Å². The number of likely N-dealkylation sites (tertiary alicyclic amines) is 1. The average Bonchev–Trinajstić information content (AvgIpc) is 2.88. The van der Waals surface area contributed by atoms with Crippen molar-refractivity contribution in [2.75, 3.05) is 49.6 Å². The topological polar surface area (TPSA) is 73.9 Å². The number of halogens is 3. The van der Waals surface area contributed by atoms with Gasteiger partial charge in [-0.2, -0.15) is 13.2 Å². The number of anilines is 2. The molecule has 2 aromatic rings. The largest absolute Gasteiger partial charge is 0.416 e. The van der Waals surface area contributed by atoms with Crippen LogP contribution in [0.1, 0.15) is 24.0 Å². The first-order chi connectivity index (χ1) is 16.8. The van der Waals surface area contributed by atoms with Crippen molar-refractivity contribution in [2.45, 2.75) is 25.6 Å². The number of carbonyl (C=O) groups excluding carboxylic acids is 2. The molecule has 2 aliphatic rings. The summed E-state index contributed by atoms with van der Waals surface area (Å²) in [6.45, 7) is 2.51. The Kier molecular flexibility index (Phi) is 7.80. The number of benzene rings is 2. The van der Waals surface area contributed by atoms with E-state index < -0.39 is 17.7 Å². The van der Waals surface area contributed by atoms with Crippen LogP contribution in [0.3, 0.4) is 0 Å². The summed E-state index contributed by atoms with van der Waals surface area (Å²) in [4.78, 5) is 28.8. The highest BCUT2D eigenvalue weighted by Crippen LogP contribution is 2.35. The molecule has 1 unspecified atom stereocenters. The maximum Gasteiger partial charge on any atom is 0.416 e. The van der Waals surface area contributed by atoms with Gasteiger partial charge in [0, 0.05) is 44.1 Å². The number of hydrogen-bond acceptors (Lipinski definition) is 4. The fourth-order valence-corrected chi connectivity index (χ4v) is 4.43. The number of ether oxygens (including phenoxy) is 1. The van der Waals surface area contributed by atoms with Crippen LogP contribution in [0.15, 0.2) is 48.5 Å². The van der Waals surface area contributed by atoms with Crippen LogP contribution in [-0.4, -0.2) is 56.2 Å². The summed E-state index contributed by atoms with van der Waals surface area (Å²) >= 11 is 0. The van der Waals surface area contributed by atoms with Crippen LogP contribution < -0.4 is 15.5 Å². The first kappa shape index (κ1) is 24.8. The molecule has 10 heteroatoms. The Balaban J connectivity index is 1.37. The zero-order valence-electron chi connectivity index (χ0n) is 19.3. The van der Waals surface area contributed by atoms with Gasteiger partial charge in [-0.05, 0) is 42.7 Å². The summed E-state index contributed by atoms with van der Waals surface area (Å²) < 4.78 is 46.6. The average molecular weight is 491 g/mol. The van der Waals surface area contributed by atoms with Crippen molar-refractivity contribution in [3.63, 3.8) is 0 Å². The van der Waals surface area contributed by atoms with Crippen molar-refractivity contribution in [1.82, 2.24) is 10.2 Å². The smallest absolute Gasteiger partial charge is 0.378 e. The van der Waals surface area contributed by atoms with Crippen LogP contribution in [0, 0.1) is 5.92 Å². The van der Waals surface area contributed by atoms with Crippen molar-refractivity contribution >= 4 is 23.3 Å². The molecule has 0 saturated carbocycles. The molecule has 2 heterocycles. The van der Waals surface area contributed by atoms with E-state index in [1.54, 1.807) is 23.1 Å². The molecule has 4 rings (SSSR count). The molecular weight excluding hydrogens is 461 g/mol. The molecule has 188 valence electrons. The summed E-state index contributed by atoms with van der Waals surface area (Å²) in [7, 11) is 0. The number of rotatable bonds is 5. The number of hydrogen-bond donors (Lipinski definition) is 2. The Labute approximate surface area is 202 Å². The van der Waals surface area contributed by atoms with E-state index in [1.807, 2.05) is 23.1 Å². The van der Waals surface area contributed by atoms with Gasteiger partial charge < -0.3 is 25.2 Å². The monoisotopic (exact) mass is 490 g/mol. The minimum atomic E-state index is -4.54. The fraction of sp³-hybridized carbons (Fsp3) is 0.440. The lowest BCUT2D eigenvalue weighted by molar-refractivity contribution is -0.138. The van der Waals surface area contributed by atoms with Gasteiger partial charge in [0.2, 0.25) is 5.91 Å². The van der Waals surface area contributed by atoms with Crippen molar-refractivity contribution < 1.29 is 27.5 Å². The van der Waals surface area contributed by atoms with Gasteiger partial charge in [-0.1, -0.05) is 24.3 Å². The molecule has 0 spiro atoms. The number of nitrogens with one attached hydrogen (secondary N) is 2. The quantitative estimate of drug-likeness (QED) is 0.662. The molecule has 35 heavy (non-hydrogen) atoms. The minimum absolute atomic E-state index is 0.0114. The van der Waals surface area contributed by atoms with Gasteiger partial charge in [-0.3, -0.25) is 4.79 Å². The fourth-order valence-electron chi connectivity index (χ4n) is 4.43. The number of carbonyl (C=O) groups is 2. The Hall–Kier alpha value is -3.27. The highest BCUT2D eigenvalue weighted by Gasteiger charge is 2.35. The second-order valence-corrected chi connectivity index (χ2v) is 8.74. The molecule has 2 aliphatic heterocycles. The lowest BCUT2D eigenvalue weighted by Gasteiger charge is -2.32. The highest BCUT2D eigenvalue weighted by molar-refractivity contribution is 5.90. The van der Waals surface area contributed by atoms with Crippen molar-refractivity contribution in [1.29, 1.82) is 0 Å². The number of nitrogens with zero attached hydrogens (tertiary/aromatic N) is 2. The van der Waals surface area contributed by atoms with Gasteiger partial charge in [-0.25, -0.2) is 4.79 Å². The molecule has 2 aromatic carbocycles. The summed E-state index contributed by atoms with van der Waals surface area (Å²) in [5.74, 6) is -0.833. The first-order valence-electron chi connectivity index (χ1n) is 11.7. The molecule has 3 amide bonds. The van der Waals surface area contributed by atoms with Gasteiger partial charge in [0.25, 0.3) is 0 Å². The predicted octanol–water partition coefficient (Wildman–Crippen LogP) is 4.10. The molecule has 2 N–H and O–H groups in total. The van der Waals surface area contributed by atoms with Crippen LogP contribution >= 0.6 is 0 Å². The van der Waals surface area contributed by atoms with E-state index in [1.165, 1.54) is 6.07 Å². The third kappa shape index (κ3) is 6.45. The molecule has 2 fully saturated rings. The van der Waals surface area contributed by atoms with Crippen molar-refractivity contribution in [3.05, 3.63) is 59.7 Å². The van der Waals surface area contributed by atoms with Gasteiger partial charge in [0.1, 0.15) is 0 Å². The van der Waals surface area contributed by atoms with E-state index >= 15 is 0 Å². The van der Waals surface area contributed by atoms with Crippen LogP contribution in [0.5, 0.6) is 0 Å². The van der Waals surface area contributed by atoms with E-state index in [-0.39, 0.29) is 30.6 Å². The number of amides is 3. The van der Waals surface area contributed by atoms with Crippen LogP contribution in [0.4, 0.5) is 29.3 Å². The number of morpholine rings is 1.